The summed E-state index contributed by atoms with van der Waals surface area (Å²) in [5.41, 5.74) is 1.10. The van der Waals surface area contributed by atoms with Crippen LogP contribution >= 0.6 is 0 Å². The molecule has 3 aromatic rings. The molecule has 0 unspecified atom stereocenters. The number of amides is 1. The Labute approximate surface area is 167 Å². The summed E-state index contributed by atoms with van der Waals surface area (Å²) in [6, 6.07) is 9.44. The first-order valence-corrected chi connectivity index (χ1v) is 10.6. The molecule has 2 aromatic heterocycles. The SMILES string of the molecule is O=C(Nc1ccc(S(=O)(=O)N2CCCCC2)cc1)c1nc(-c2ccncc2)no1. The van der Waals surface area contributed by atoms with Gasteiger partial charge in [-0.1, -0.05) is 11.6 Å². The van der Waals surface area contributed by atoms with Crippen molar-refractivity contribution in [3.8, 4) is 11.4 Å². The number of sulfonamides is 1. The van der Waals surface area contributed by atoms with Crippen LogP contribution < -0.4 is 5.32 Å². The van der Waals surface area contributed by atoms with Crippen LogP contribution in [0.2, 0.25) is 0 Å². The smallest absolute Gasteiger partial charge is 0.316 e. The quantitative estimate of drug-likeness (QED) is 0.683. The number of nitrogens with one attached hydrogen (secondary N) is 1. The Morgan fingerprint density at radius 3 is 2.38 bits per heavy atom. The summed E-state index contributed by atoms with van der Waals surface area (Å²) in [5, 5.41) is 6.41. The van der Waals surface area contributed by atoms with Gasteiger partial charge in [-0.05, 0) is 49.2 Å². The predicted molar refractivity (Wildman–Crippen MR) is 105 cm³/mol. The minimum Gasteiger partial charge on any atom is -0.328 e. The summed E-state index contributed by atoms with van der Waals surface area (Å²) in [7, 11) is -3.51. The Balaban J connectivity index is 1.45. The topological polar surface area (TPSA) is 118 Å². The summed E-state index contributed by atoms with van der Waals surface area (Å²) >= 11 is 0. The first-order chi connectivity index (χ1) is 14.0. The second-order valence-corrected chi connectivity index (χ2v) is 8.54. The molecule has 0 bridgehead atoms. The lowest BCUT2D eigenvalue weighted by Gasteiger charge is -2.25. The van der Waals surface area contributed by atoms with Gasteiger partial charge in [-0.3, -0.25) is 9.78 Å². The molecule has 1 saturated heterocycles. The van der Waals surface area contributed by atoms with E-state index in [4.69, 9.17) is 4.52 Å². The van der Waals surface area contributed by atoms with Crippen molar-refractivity contribution in [3.05, 3.63) is 54.7 Å². The van der Waals surface area contributed by atoms with Crippen molar-refractivity contribution in [2.24, 2.45) is 0 Å². The van der Waals surface area contributed by atoms with E-state index in [-0.39, 0.29) is 16.6 Å². The van der Waals surface area contributed by atoms with Gasteiger partial charge in [0.15, 0.2) is 0 Å². The third-order valence-corrected chi connectivity index (χ3v) is 6.54. The van der Waals surface area contributed by atoms with Gasteiger partial charge in [0.2, 0.25) is 15.8 Å². The number of nitrogens with zero attached hydrogens (tertiary/aromatic N) is 4. The highest BCUT2D eigenvalue weighted by Crippen LogP contribution is 2.22. The number of aromatic nitrogens is 3. The molecule has 0 aliphatic carbocycles. The standard InChI is InChI=1S/C19H19N5O4S/c25-18(19-22-17(23-28-19)14-8-10-20-11-9-14)21-15-4-6-16(7-5-15)29(26,27)24-12-2-1-3-13-24/h4-11H,1-3,12-13H2,(H,21,25). The van der Waals surface area contributed by atoms with Gasteiger partial charge in [0.25, 0.3) is 0 Å². The van der Waals surface area contributed by atoms with Crippen molar-refractivity contribution in [3.63, 3.8) is 0 Å². The predicted octanol–water partition coefficient (Wildman–Crippen LogP) is 2.56. The maximum absolute atomic E-state index is 12.7. The van der Waals surface area contributed by atoms with Crippen molar-refractivity contribution in [2.75, 3.05) is 18.4 Å². The fourth-order valence-electron chi connectivity index (χ4n) is 3.08. The molecule has 0 saturated carbocycles. The first-order valence-electron chi connectivity index (χ1n) is 9.20. The molecule has 1 fully saturated rings. The van der Waals surface area contributed by atoms with Crippen LogP contribution in [0, 0.1) is 0 Å². The monoisotopic (exact) mass is 413 g/mol. The summed E-state index contributed by atoms with van der Waals surface area (Å²) < 4.78 is 31.9. The Bertz CT molecular complexity index is 1090. The van der Waals surface area contributed by atoms with E-state index in [1.807, 2.05) is 0 Å². The van der Waals surface area contributed by atoms with Crippen LogP contribution in [0.25, 0.3) is 11.4 Å². The molecule has 29 heavy (non-hydrogen) atoms. The highest BCUT2D eigenvalue weighted by atomic mass is 32.2. The normalized spacial score (nSPS) is 15.2. The molecule has 1 aliphatic rings. The molecular weight excluding hydrogens is 394 g/mol. The second-order valence-electron chi connectivity index (χ2n) is 6.60. The molecular formula is C19H19N5O4S. The molecule has 0 spiro atoms. The molecule has 9 nitrogen and oxygen atoms in total. The molecule has 1 amide bonds. The summed E-state index contributed by atoms with van der Waals surface area (Å²) in [6.45, 7) is 1.08. The first kappa shape index (κ1) is 19.2. The highest BCUT2D eigenvalue weighted by molar-refractivity contribution is 7.89. The van der Waals surface area contributed by atoms with Crippen LogP contribution in [-0.4, -0.2) is 46.8 Å². The van der Waals surface area contributed by atoms with E-state index in [1.165, 1.54) is 28.6 Å². The third kappa shape index (κ3) is 4.17. The molecule has 10 heteroatoms. The fraction of sp³-hybridized carbons (Fsp3) is 0.263. The van der Waals surface area contributed by atoms with Gasteiger partial charge >= 0.3 is 11.8 Å². The van der Waals surface area contributed by atoms with E-state index in [2.05, 4.69) is 20.4 Å². The molecule has 1 aliphatic heterocycles. The number of carbonyl (C=O) groups is 1. The second kappa shape index (κ2) is 8.10. The molecule has 3 heterocycles. The van der Waals surface area contributed by atoms with Crippen LogP contribution in [0.5, 0.6) is 0 Å². The van der Waals surface area contributed by atoms with Crippen molar-refractivity contribution in [2.45, 2.75) is 24.2 Å². The van der Waals surface area contributed by atoms with Crippen LogP contribution in [0.1, 0.15) is 29.9 Å². The average molecular weight is 413 g/mol. The molecule has 1 N–H and O–H groups in total. The summed E-state index contributed by atoms with van der Waals surface area (Å²) in [6.07, 6.45) is 5.98. The summed E-state index contributed by atoms with van der Waals surface area (Å²) in [5.74, 6) is -0.494. The number of pyridine rings is 1. The third-order valence-electron chi connectivity index (χ3n) is 4.62. The molecule has 1 aromatic carbocycles. The number of hydrogen-bond donors (Lipinski definition) is 1. The minimum absolute atomic E-state index is 0.193. The van der Waals surface area contributed by atoms with Crippen molar-refractivity contribution < 1.29 is 17.7 Å². The number of hydrogen-bond acceptors (Lipinski definition) is 7. The van der Waals surface area contributed by atoms with Crippen LogP contribution in [0.4, 0.5) is 5.69 Å². The number of anilines is 1. The van der Waals surface area contributed by atoms with Crippen molar-refractivity contribution in [1.29, 1.82) is 0 Å². The van der Waals surface area contributed by atoms with Gasteiger partial charge in [0.1, 0.15) is 0 Å². The van der Waals surface area contributed by atoms with E-state index in [1.54, 1.807) is 24.5 Å². The maximum Gasteiger partial charge on any atom is 0.316 e. The Kier molecular flexibility index (Phi) is 5.36. The lowest BCUT2D eigenvalue weighted by Crippen LogP contribution is -2.35. The fourth-order valence-corrected chi connectivity index (χ4v) is 4.60. The van der Waals surface area contributed by atoms with Crippen LogP contribution in [0.15, 0.2) is 58.2 Å². The number of benzene rings is 1. The minimum atomic E-state index is -3.51. The van der Waals surface area contributed by atoms with Crippen LogP contribution in [-0.2, 0) is 10.0 Å². The zero-order valence-corrected chi connectivity index (χ0v) is 16.3. The van der Waals surface area contributed by atoms with Gasteiger partial charge in [0, 0.05) is 36.7 Å². The van der Waals surface area contributed by atoms with E-state index in [0.717, 1.165) is 19.3 Å². The maximum atomic E-state index is 12.7. The van der Waals surface area contributed by atoms with E-state index in [0.29, 0.717) is 24.3 Å². The van der Waals surface area contributed by atoms with Crippen molar-refractivity contribution >= 4 is 21.6 Å². The average Bonchev–Trinajstić information content (AvgIpc) is 3.26. The Hall–Kier alpha value is -3.11. The van der Waals surface area contributed by atoms with Gasteiger partial charge in [-0.15, -0.1) is 0 Å². The van der Waals surface area contributed by atoms with Gasteiger partial charge < -0.3 is 9.84 Å². The molecule has 150 valence electrons. The zero-order valence-electron chi connectivity index (χ0n) is 15.5. The Morgan fingerprint density at radius 2 is 1.69 bits per heavy atom. The Morgan fingerprint density at radius 1 is 1.00 bits per heavy atom. The number of piperidine rings is 1. The number of carbonyl (C=O) groups excluding carboxylic acids is 1. The lowest BCUT2D eigenvalue weighted by molar-refractivity contribution is 0.0981. The molecule has 0 atom stereocenters. The largest absolute Gasteiger partial charge is 0.328 e. The van der Waals surface area contributed by atoms with Gasteiger partial charge in [-0.2, -0.15) is 9.29 Å². The zero-order chi connectivity index (χ0) is 20.3. The molecule has 0 radical (unpaired) electrons. The van der Waals surface area contributed by atoms with Crippen molar-refractivity contribution in [1.82, 2.24) is 19.4 Å². The van der Waals surface area contributed by atoms with Gasteiger partial charge in [-0.25, -0.2) is 8.42 Å². The van der Waals surface area contributed by atoms with Crippen LogP contribution in [0.3, 0.4) is 0 Å². The lowest BCUT2D eigenvalue weighted by atomic mass is 10.2. The number of rotatable bonds is 5. The van der Waals surface area contributed by atoms with E-state index in [9.17, 15) is 13.2 Å². The molecule has 4 rings (SSSR count). The summed E-state index contributed by atoms with van der Waals surface area (Å²) in [4.78, 5) is 20.5. The van der Waals surface area contributed by atoms with Gasteiger partial charge in [0.05, 0.1) is 4.90 Å². The van der Waals surface area contributed by atoms with E-state index >= 15 is 0 Å². The van der Waals surface area contributed by atoms with E-state index < -0.39 is 15.9 Å². The highest BCUT2D eigenvalue weighted by Gasteiger charge is 2.26.